The van der Waals surface area contributed by atoms with Crippen molar-refractivity contribution in [2.24, 2.45) is 5.73 Å². The number of aliphatic carboxylic acids is 1. The molecule has 0 radical (unpaired) electrons. The van der Waals surface area contributed by atoms with Gasteiger partial charge in [0.05, 0.1) is 5.57 Å². The molecule has 2 rings (SSSR count). The van der Waals surface area contributed by atoms with E-state index in [1.807, 2.05) is 0 Å². The Balaban J connectivity index is 2.40. The van der Waals surface area contributed by atoms with Crippen molar-refractivity contribution < 1.29 is 52.0 Å². The second-order valence-corrected chi connectivity index (χ2v) is 9.56. The highest BCUT2D eigenvalue weighted by Crippen LogP contribution is 3.02. The number of fused-ring (bicyclic) bond motifs is 1. The third kappa shape index (κ3) is 6.88. The fourth-order valence-electron chi connectivity index (χ4n) is 2.88. The van der Waals surface area contributed by atoms with Crippen LogP contribution < -0.4 is 21.1 Å². The first-order chi connectivity index (χ1) is 15.2. The Morgan fingerprint density at radius 1 is 1.21 bits per heavy atom. The normalized spacial score (nSPS) is 18.8. The van der Waals surface area contributed by atoms with E-state index in [0.717, 1.165) is 0 Å². The second kappa shape index (κ2) is 8.21. The number of carbonyl (C=O) groups excluding carboxylic acids is 1. The van der Waals surface area contributed by atoms with E-state index in [9.17, 15) is 47.3 Å². The van der Waals surface area contributed by atoms with E-state index < -0.39 is 68.2 Å². The van der Waals surface area contributed by atoms with E-state index in [4.69, 9.17) is 11.1 Å². The zero-order valence-electron chi connectivity index (χ0n) is 16.8. The summed E-state index contributed by atoms with van der Waals surface area (Å²) < 4.78 is 110. The molecule has 17 heteroatoms. The van der Waals surface area contributed by atoms with Crippen molar-refractivity contribution >= 4 is 34.1 Å². The van der Waals surface area contributed by atoms with Crippen molar-refractivity contribution in [1.29, 1.82) is 5.41 Å². The summed E-state index contributed by atoms with van der Waals surface area (Å²) >= 11 is 0. The number of carboxylic acids is 1. The van der Waals surface area contributed by atoms with E-state index in [0.29, 0.717) is 0 Å². The Bertz CT molecular complexity index is 1040. The van der Waals surface area contributed by atoms with E-state index in [-0.39, 0.29) is 43.7 Å². The summed E-state index contributed by atoms with van der Waals surface area (Å²) in [6.07, 6.45) is -8.29. The van der Waals surface area contributed by atoms with Gasteiger partial charge in [0.15, 0.2) is 5.96 Å². The largest absolute Gasteiger partial charge is 0.480 e. The van der Waals surface area contributed by atoms with Crippen LogP contribution in [0.4, 0.5) is 32.6 Å². The van der Waals surface area contributed by atoms with Crippen molar-refractivity contribution in [2.45, 2.75) is 36.1 Å². The number of guanidine groups is 1. The molecule has 1 heterocycles. The summed E-state index contributed by atoms with van der Waals surface area (Å²) in [6, 6.07) is -1.75. The summed E-state index contributed by atoms with van der Waals surface area (Å²) in [5, 5.41) is 20.3. The Morgan fingerprint density at radius 2 is 1.82 bits per heavy atom. The molecule has 1 aliphatic heterocycles. The number of ether oxygens (including phenoxy) is 1. The lowest BCUT2D eigenvalue weighted by molar-refractivity contribution is -0.185. The van der Waals surface area contributed by atoms with Gasteiger partial charge in [-0.3, -0.25) is 10.2 Å². The van der Waals surface area contributed by atoms with Gasteiger partial charge in [0.25, 0.3) is 5.91 Å². The molecular weight excluding hydrogens is 508 g/mol. The number of nitrogens with one attached hydrogen (secondary N) is 3. The number of alkyl halides is 3. The first kappa shape index (κ1) is 27.0. The molecule has 0 bridgehead atoms. The molecule has 1 aromatic rings. The van der Waals surface area contributed by atoms with Gasteiger partial charge in [0.2, 0.25) is 6.10 Å². The standard InChI is InChI=1S/C17H18F8N4O4S/c18-17(19,20)13-10(14(30)29-11(15(31)32)2-1-5-28-16(26)27)7-8-6-9(3-4-12(8)33-13)34(21,22,23,24)25/h3-4,6-7,11,13H,1-2,5H2,(H,29,30)(H,31,32)(H4,26,27,28)/t11?,13-/m0/s1. The molecule has 1 aromatic carbocycles. The van der Waals surface area contributed by atoms with Crippen LogP contribution in [0.3, 0.4) is 0 Å². The first-order valence-corrected chi connectivity index (χ1v) is 11.1. The van der Waals surface area contributed by atoms with Crippen molar-refractivity contribution in [2.75, 3.05) is 6.54 Å². The van der Waals surface area contributed by atoms with E-state index in [2.05, 4.69) is 10.1 Å². The average Bonchev–Trinajstić information content (AvgIpc) is 2.65. The van der Waals surface area contributed by atoms with Crippen molar-refractivity contribution in [3.8, 4) is 5.75 Å². The van der Waals surface area contributed by atoms with Crippen LogP contribution in [0.25, 0.3) is 6.08 Å². The van der Waals surface area contributed by atoms with Crippen molar-refractivity contribution in [3.05, 3.63) is 29.3 Å². The molecule has 2 atom stereocenters. The predicted molar refractivity (Wildman–Crippen MR) is 105 cm³/mol. The number of carboxylic acid groups (broad SMARTS) is 1. The van der Waals surface area contributed by atoms with Crippen LogP contribution in [0, 0.1) is 5.41 Å². The molecule has 192 valence electrons. The van der Waals surface area contributed by atoms with E-state index in [1.165, 1.54) is 0 Å². The highest BCUT2D eigenvalue weighted by molar-refractivity contribution is 8.45. The lowest BCUT2D eigenvalue weighted by Gasteiger charge is -2.41. The number of nitrogens with two attached hydrogens (primary N) is 1. The molecule has 0 fully saturated rings. The zero-order valence-corrected chi connectivity index (χ0v) is 17.6. The number of amides is 1. The van der Waals surface area contributed by atoms with Crippen LogP contribution in [-0.2, 0) is 9.59 Å². The van der Waals surface area contributed by atoms with Crippen LogP contribution in [0.1, 0.15) is 18.4 Å². The van der Waals surface area contributed by atoms with Crippen molar-refractivity contribution in [3.63, 3.8) is 0 Å². The van der Waals surface area contributed by atoms with Gasteiger partial charge in [-0.1, -0.05) is 19.4 Å². The van der Waals surface area contributed by atoms with Gasteiger partial charge in [0, 0.05) is 12.1 Å². The molecule has 8 nitrogen and oxygen atoms in total. The van der Waals surface area contributed by atoms with Crippen LogP contribution in [0.5, 0.6) is 5.75 Å². The van der Waals surface area contributed by atoms with Crippen LogP contribution in [0.15, 0.2) is 28.7 Å². The minimum absolute atomic E-state index is 0.00348. The molecule has 34 heavy (non-hydrogen) atoms. The van der Waals surface area contributed by atoms with Gasteiger partial charge in [-0.25, -0.2) is 4.79 Å². The quantitative estimate of drug-likeness (QED) is 0.151. The maximum absolute atomic E-state index is 13.5. The van der Waals surface area contributed by atoms with Crippen LogP contribution >= 0.6 is 10.2 Å². The van der Waals surface area contributed by atoms with Gasteiger partial charge >= 0.3 is 22.4 Å². The molecular formula is C17H18F8N4O4S. The lowest BCUT2D eigenvalue weighted by Crippen LogP contribution is -2.48. The number of rotatable bonds is 8. The summed E-state index contributed by atoms with van der Waals surface area (Å²) in [4.78, 5) is 21.4. The minimum atomic E-state index is -10.2. The van der Waals surface area contributed by atoms with Gasteiger partial charge in [-0.15, -0.1) is 0 Å². The maximum atomic E-state index is 13.5. The van der Waals surface area contributed by atoms with Crippen LogP contribution in [0.2, 0.25) is 0 Å². The number of benzene rings is 1. The Hall–Kier alpha value is -3.24. The molecule has 0 saturated carbocycles. The monoisotopic (exact) mass is 526 g/mol. The number of halogens is 8. The van der Waals surface area contributed by atoms with E-state index >= 15 is 0 Å². The molecule has 1 unspecified atom stereocenters. The van der Waals surface area contributed by atoms with Gasteiger partial charge < -0.3 is 26.2 Å². The predicted octanol–water partition coefficient (Wildman–Crippen LogP) is 3.88. The zero-order chi connectivity index (χ0) is 26.2. The summed E-state index contributed by atoms with van der Waals surface area (Å²) in [6.45, 7) is -0.00348. The van der Waals surface area contributed by atoms with Gasteiger partial charge in [0.1, 0.15) is 16.7 Å². The highest BCUT2D eigenvalue weighted by Gasteiger charge is 2.65. The molecule has 1 amide bonds. The summed E-state index contributed by atoms with van der Waals surface area (Å²) in [7, 11) is -10.2. The third-order valence-electron chi connectivity index (χ3n) is 4.41. The van der Waals surface area contributed by atoms with Gasteiger partial charge in [-0.05, 0) is 37.1 Å². The number of hydrogen-bond donors (Lipinski definition) is 5. The molecule has 1 aliphatic rings. The molecule has 0 spiro atoms. The Labute approximate surface area is 186 Å². The fraction of sp³-hybridized carbons (Fsp3) is 0.353. The Morgan fingerprint density at radius 3 is 2.32 bits per heavy atom. The lowest BCUT2D eigenvalue weighted by atomic mass is 9.99. The SMILES string of the molecule is N=C(N)NCCCC(NC(=O)C1=Cc2cc(S(F)(F)(F)(F)F)ccc2O[C@@H]1C(F)(F)F)C(=O)O. The highest BCUT2D eigenvalue weighted by atomic mass is 32.5. The first-order valence-electron chi connectivity index (χ1n) is 9.13. The fourth-order valence-corrected chi connectivity index (χ4v) is 3.55. The van der Waals surface area contributed by atoms with Gasteiger partial charge in [-0.2, -0.15) is 13.2 Å². The number of hydrogen-bond acceptors (Lipinski definition) is 4. The summed E-state index contributed by atoms with van der Waals surface area (Å²) in [5.74, 6) is -4.55. The van der Waals surface area contributed by atoms with Crippen LogP contribution in [-0.4, -0.2) is 47.8 Å². The van der Waals surface area contributed by atoms with E-state index in [1.54, 1.807) is 5.32 Å². The Kier molecular flexibility index (Phi) is 6.52. The second-order valence-electron chi connectivity index (χ2n) is 7.15. The summed E-state index contributed by atoms with van der Waals surface area (Å²) in [5.41, 5.74) is 2.83. The average molecular weight is 526 g/mol. The smallest absolute Gasteiger partial charge is 0.429 e. The molecule has 6 N–H and O–H groups in total. The topological polar surface area (TPSA) is 138 Å². The van der Waals surface area contributed by atoms with Crippen molar-refractivity contribution in [1.82, 2.24) is 10.6 Å². The minimum Gasteiger partial charge on any atom is -0.480 e. The molecule has 0 aliphatic carbocycles. The number of carbonyl (C=O) groups is 2. The molecule has 0 saturated heterocycles. The third-order valence-corrected chi connectivity index (χ3v) is 5.56. The maximum Gasteiger partial charge on any atom is 0.429 e. The molecule has 0 aromatic heterocycles.